The zero-order valence-corrected chi connectivity index (χ0v) is 9.53. The summed E-state index contributed by atoms with van der Waals surface area (Å²) in [6.07, 6.45) is 3.42. The summed E-state index contributed by atoms with van der Waals surface area (Å²) in [5.74, 6) is 0.687. The Kier molecular flexibility index (Phi) is 3.49. The van der Waals surface area contributed by atoms with E-state index in [-0.39, 0.29) is 5.91 Å². The lowest BCUT2D eigenvalue weighted by atomic mass is 10.4. The molecular weight excluding hydrogens is 220 g/mol. The number of amides is 1. The molecular formula is C10H14N6O. The van der Waals surface area contributed by atoms with E-state index < -0.39 is 0 Å². The molecule has 17 heavy (non-hydrogen) atoms. The normalized spacial score (nSPS) is 10.4. The van der Waals surface area contributed by atoms with Crippen LogP contribution >= 0.6 is 0 Å². The van der Waals surface area contributed by atoms with Gasteiger partial charge in [-0.3, -0.25) is 4.79 Å². The second-order valence-corrected chi connectivity index (χ2v) is 3.45. The van der Waals surface area contributed by atoms with Gasteiger partial charge in [0.05, 0.1) is 6.33 Å². The van der Waals surface area contributed by atoms with E-state index in [1.807, 2.05) is 6.92 Å². The summed E-state index contributed by atoms with van der Waals surface area (Å²) in [6.45, 7) is 3.07. The summed E-state index contributed by atoms with van der Waals surface area (Å²) in [7, 11) is 0. The fourth-order valence-electron chi connectivity index (χ4n) is 1.48. The summed E-state index contributed by atoms with van der Waals surface area (Å²) in [4.78, 5) is 26.3. The van der Waals surface area contributed by atoms with Crippen LogP contribution in [0.2, 0.25) is 0 Å². The van der Waals surface area contributed by atoms with Crippen molar-refractivity contribution in [2.45, 2.75) is 13.3 Å². The van der Waals surface area contributed by atoms with Crippen LogP contribution in [0.15, 0.2) is 12.7 Å². The highest BCUT2D eigenvalue weighted by atomic mass is 16.1. The lowest BCUT2D eigenvalue weighted by Gasteiger charge is -2.05. The number of rotatable bonds is 5. The number of imidazole rings is 1. The van der Waals surface area contributed by atoms with Crippen LogP contribution < -0.4 is 10.6 Å². The molecule has 7 nitrogen and oxygen atoms in total. The van der Waals surface area contributed by atoms with Crippen molar-refractivity contribution in [1.82, 2.24) is 25.3 Å². The molecule has 0 fully saturated rings. The molecule has 0 aliphatic carbocycles. The van der Waals surface area contributed by atoms with Crippen LogP contribution in [0.3, 0.4) is 0 Å². The molecule has 2 aromatic rings. The quantitative estimate of drug-likeness (QED) is 0.691. The van der Waals surface area contributed by atoms with Crippen molar-refractivity contribution < 1.29 is 4.79 Å². The maximum atomic E-state index is 11.2. The van der Waals surface area contributed by atoms with Gasteiger partial charge in [-0.25, -0.2) is 15.0 Å². The first kappa shape index (κ1) is 11.3. The van der Waals surface area contributed by atoms with Crippen molar-refractivity contribution in [3.05, 3.63) is 12.7 Å². The lowest BCUT2D eigenvalue weighted by Crippen LogP contribution is -2.24. The van der Waals surface area contributed by atoms with Crippen LogP contribution in [-0.4, -0.2) is 38.9 Å². The highest BCUT2D eigenvalue weighted by Gasteiger charge is 2.05. The molecule has 0 aliphatic heterocycles. The molecule has 0 bridgehead atoms. The smallest absolute Gasteiger partial charge is 0.221 e. The minimum atomic E-state index is 0.0231. The molecule has 0 radical (unpaired) electrons. The van der Waals surface area contributed by atoms with Crippen LogP contribution in [0.5, 0.6) is 0 Å². The molecule has 3 N–H and O–H groups in total. The Hall–Kier alpha value is -2.18. The fraction of sp³-hybridized carbons (Fsp3) is 0.400. The molecule has 2 heterocycles. The molecule has 0 aromatic carbocycles. The number of fused-ring (bicyclic) bond motifs is 1. The molecule has 0 aliphatic rings. The summed E-state index contributed by atoms with van der Waals surface area (Å²) in [6, 6.07) is 0. The van der Waals surface area contributed by atoms with Gasteiger partial charge in [-0.15, -0.1) is 0 Å². The molecule has 1 amide bonds. The third-order valence-corrected chi connectivity index (χ3v) is 2.24. The maximum absolute atomic E-state index is 11.2. The van der Waals surface area contributed by atoms with Crippen molar-refractivity contribution in [3.63, 3.8) is 0 Å². The zero-order chi connectivity index (χ0) is 12.1. The molecule has 0 saturated carbocycles. The first-order chi connectivity index (χ1) is 8.31. The lowest BCUT2D eigenvalue weighted by molar-refractivity contribution is -0.120. The first-order valence-electron chi connectivity index (χ1n) is 5.46. The number of hydrogen-bond donors (Lipinski definition) is 3. The van der Waals surface area contributed by atoms with Crippen molar-refractivity contribution in [1.29, 1.82) is 0 Å². The number of carbonyl (C=O) groups excluding carboxylic acids is 1. The second-order valence-electron chi connectivity index (χ2n) is 3.45. The number of aromatic amines is 1. The van der Waals surface area contributed by atoms with Crippen molar-refractivity contribution in [2.24, 2.45) is 0 Å². The number of hydrogen-bond acceptors (Lipinski definition) is 5. The van der Waals surface area contributed by atoms with Gasteiger partial charge >= 0.3 is 0 Å². The Morgan fingerprint density at radius 3 is 3.12 bits per heavy atom. The van der Waals surface area contributed by atoms with E-state index in [0.717, 1.165) is 5.52 Å². The van der Waals surface area contributed by atoms with Crippen LogP contribution in [0.4, 0.5) is 5.82 Å². The number of aromatic nitrogens is 4. The van der Waals surface area contributed by atoms with E-state index in [1.54, 1.807) is 6.33 Å². The predicted octanol–water partition coefficient (Wildman–Crippen LogP) is 0.291. The van der Waals surface area contributed by atoms with Gasteiger partial charge in [-0.05, 0) is 6.92 Å². The van der Waals surface area contributed by atoms with E-state index in [1.165, 1.54) is 6.33 Å². The van der Waals surface area contributed by atoms with Crippen LogP contribution in [0, 0.1) is 0 Å². The van der Waals surface area contributed by atoms with Gasteiger partial charge in [-0.1, -0.05) is 0 Å². The molecule has 0 saturated heterocycles. The maximum Gasteiger partial charge on any atom is 0.221 e. The standard InChI is InChI=1S/C10H14N6O/c1-2-11-7(17)3-4-12-9-8-10(14-5-13-8)16-6-15-9/h5-6H,2-4H2,1H3,(H,11,17)(H2,12,13,14,15,16). The highest BCUT2D eigenvalue weighted by Crippen LogP contribution is 2.13. The van der Waals surface area contributed by atoms with E-state index in [2.05, 4.69) is 30.6 Å². The molecule has 90 valence electrons. The van der Waals surface area contributed by atoms with Crippen LogP contribution in [-0.2, 0) is 4.79 Å². The topological polar surface area (TPSA) is 95.6 Å². The predicted molar refractivity (Wildman–Crippen MR) is 63.5 cm³/mol. The van der Waals surface area contributed by atoms with E-state index in [0.29, 0.717) is 31.0 Å². The first-order valence-corrected chi connectivity index (χ1v) is 5.46. The molecule has 2 rings (SSSR count). The summed E-state index contributed by atoms with van der Waals surface area (Å²) >= 11 is 0. The molecule has 0 unspecified atom stereocenters. The Bertz CT molecular complexity index is 508. The molecule has 2 aromatic heterocycles. The van der Waals surface area contributed by atoms with Crippen molar-refractivity contribution >= 4 is 22.9 Å². The average Bonchev–Trinajstić information content (AvgIpc) is 2.78. The van der Waals surface area contributed by atoms with E-state index in [9.17, 15) is 4.79 Å². The molecule has 0 atom stereocenters. The van der Waals surface area contributed by atoms with Crippen LogP contribution in [0.1, 0.15) is 13.3 Å². The van der Waals surface area contributed by atoms with Gasteiger partial charge in [0.25, 0.3) is 0 Å². The monoisotopic (exact) mass is 234 g/mol. The second kappa shape index (κ2) is 5.24. The van der Waals surface area contributed by atoms with Crippen LogP contribution in [0.25, 0.3) is 11.2 Å². The Labute approximate surface area is 98.1 Å². The Morgan fingerprint density at radius 1 is 1.41 bits per heavy atom. The summed E-state index contributed by atoms with van der Waals surface area (Å²) < 4.78 is 0. The molecule has 7 heteroatoms. The Balaban J connectivity index is 1.95. The minimum Gasteiger partial charge on any atom is -0.368 e. The van der Waals surface area contributed by atoms with Gasteiger partial charge < -0.3 is 15.6 Å². The summed E-state index contributed by atoms with van der Waals surface area (Å²) in [5.41, 5.74) is 1.36. The Morgan fingerprint density at radius 2 is 2.29 bits per heavy atom. The largest absolute Gasteiger partial charge is 0.368 e. The number of carbonyl (C=O) groups is 1. The van der Waals surface area contributed by atoms with Gasteiger partial charge in [0, 0.05) is 19.5 Å². The minimum absolute atomic E-state index is 0.0231. The van der Waals surface area contributed by atoms with E-state index >= 15 is 0 Å². The number of anilines is 1. The van der Waals surface area contributed by atoms with Gasteiger partial charge in [-0.2, -0.15) is 0 Å². The molecule has 0 spiro atoms. The SMILES string of the molecule is CCNC(=O)CCNc1ncnc2nc[nH]c12. The summed E-state index contributed by atoms with van der Waals surface area (Å²) in [5, 5.41) is 5.81. The highest BCUT2D eigenvalue weighted by molar-refractivity contribution is 5.82. The number of H-pyrrole nitrogens is 1. The van der Waals surface area contributed by atoms with Gasteiger partial charge in [0.1, 0.15) is 11.8 Å². The zero-order valence-electron chi connectivity index (χ0n) is 9.53. The van der Waals surface area contributed by atoms with Crippen molar-refractivity contribution in [2.75, 3.05) is 18.4 Å². The fourth-order valence-corrected chi connectivity index (χ4v) is 1.48. The average molecular weight is 234 g/mol. The van der Waals surface area contributed by atoms with Crippen molar-refractivity contribution in [3.8, 4) is 0 Å². The number of nitrogens with one attached hydrogen (secondary N) is 3. The van der Waals surface area contributed by atoms with E-state index in [4.69, 9.17) is 0 Å². The third-order valence-electron chi connectivity index (χ3n) is 2.24. The van der Waals surface area contributed by atoms with Gasteiger partial charge in [0.15, 0.2) is 11.5 Å². The third kappa shape index (κ3) is 2.68. The number of nitrogens with zero attached hydrogens (tertiary/aromatic N) is 3. The van der Waals surface area contributed by atoms with Gasteiger partial charge in [0.2, 0.25) is 5.91 Å².